The van der Waals surface area contributed by atoms with Crippen molar-refractivity contribution in [3.8, 4) is 0 Å². The SMILES string of the molecule is COCCNCC(=O)NCC(C)(C)NC(C)c1ccccc1.Cl.Cl. The summed E-state index contributed by atoms with van der Waals surface area (Å²) < 4.78 is 4.92. The van der Waals surface area contributed by atoms with Crippen molar-refractivity contribution in [1.29, 1.82) is 0 Å². The summed E-state index contributed by atoms with van der Waals surface area (Å²) in [5, 5.41) is 9.53. The first kappa shape index (κ1) is 25.4. The van der Waals surface area contributed by atoms with Crippen molar-refractivity contribution in [2.24, 2.45) is 0 Å². The predicted octanol–water partition coefficient (Wildman–Crippen LogP) is 2.31. The van der Waals surface area contributed by atoms with Gasteiger partial charge in [-0.05, 0) is 26.3 Å². The maximum absolute atomic E-state index is 11.8. The molecular formula is C17H31Cl2N3O2. The van der Waals surface area contributed by atoms with Gasteiger partial charge >= 0.3 is 0 Å². The molecule has 5 nitrogen and oxygen atoms in total. The van der Waals surface area contributed by atoms with E-state index in [1.807, 2.05) is 18.2 Å². The molecule has 0 aromatic heterocycles. The third-order valence-electron chi connectivity index (χ3n) is 3.40. The molecule has 1 aromatic rings. The van der Waals surface area contributed by atoms with E-state index >= 15 is 0 Å². The van der Waals surface area contributed by atoms with Crippen LogP contribution in [0.2, 0.25) is 0 Å². The Morgan fingerprint density at radius 2 is 1.83 bits per heavy atom. The van der Waals surface area contributed by atoms with E-state index < -0.39 is 0 Å². The lowest BCUT2D eigenvalue weighted by molar-refractivity contribution is -0.120. The van der Waals surface area contributed by atoms with Crippen LogP contribution in [0.25, 0.3) is 0 Å². The zero-order valence-corrected chi connectivity index (χ0v) is 16.6. The molecule has 140 valence electrons. The van der Waals surface area contributed by atoms with Gasteiger partial charge in [-0.15, -0.1) is 24.8 Å². The summed E-state index contributed by atoms with van der Waals surface area (Å²) in [6, 6.07) is 10.5. The molecule has 1 aromatic carbocycles. The highest BCUT2D eigenvalue weighted by molar-refractivity contribution is 5.85. The Labute approximate surface area is 158 Å². The zero-order valence-electron chi connectivity index (χ0n) is 14.9. The fraction of sp³-hybridized carbons (Fsp3) is 0.588. The van der Waals surface area contributed by atoms with Gasteiger partial charge in [-0.3, -0.25) is 4.79 Å². The number of hydrogen-bond donors (Lipinski definition) is 3. The molecule has 0 spiro atoms. The predicted molar refractivity (Wildman–Crippen MR) is 104 cm³/mol. The van der Waals surface area contributed by atoms with Crippen LogP contribution in [0.5, 0.6) is 0 Å². The smallest absolute Gasteiger partial charge is 0.234 e. The van der Waals surface area contributed by atoms with E-state index in [2.05, 4.69) is 48.9 Å². The van der Waals surface area contributed by atoms with E-state index in [9.17, 15) is 4.79 Å². The highest BCUT2D eigenvalue weighted by Crippen LogP contribution is 2.15. The molecule has 1 rings (SSSR count). The molecule has 24 heavy (non-hydrogen) atoms. The van der Waals surface area contributed by atoms with E-state index in [0.29, 0.717) is 26.2 Å². The number of nitrogens with one attached hydrogen (secondary N) is 3. The number of carbonyl (C=O) groups excluding carboxylic acids is 1. The molecule has 0 fully saturated rings. The second-order valence-electron chi connectivity index (χ2n) is 6.11. The number of hydrogen-bond acceptors (Lipinski definition) is 4. The molecule has 3 N–H and O–H groups in total. The van der Waals surface area contributed by atoms with Crippen molar-refractivity contribution in [3.63, 3.8) is 0 Å². The molecule has 0 radical (unpaired) electrons. The summed E-state index contributed by atoms with van der Waals surface area (Å²) in [4.78, 5) is 11.8. The third kappa shape index (κ3) is 10.8. The molecule has 0 bridgehead atoms. The third-order valence-corrected chi connectivity index (χ3v) is 3.40. The topological polar surface area (TPSA) is 62.4 Å². The van der Waals surface area contributed by atoms with Crippen LogP contribution in [0, 0.1) is 0 Å². The van der Waals surface area contributed by atoms with Crippen LogP contribution in [0.1, 0.15) is 32.4 Å². The molecule has 0 saturated carbocycles. The summed E-state index contributed by atoms with van der Waals surface area (Å²) in [5.74, 6) is -0.00153. The first-order valence-electron chi connectivity index (χ1n) is 7.73. The molecule has 1 amide bonds. The monoisotopic (exact) mass is 379 g/mol. The van der Waals surface area contributed by atoms with Crippen molar-refractivity contribution in [2.75, 3.05) is 33.4 Å². The number of amides is 1. The number of ether oxygens (including phenoxy) is 1. The molecule has 1 unspecified atom stereocenters. The van der Waals surface area contributed by atoms with Crippen LogP contribution >= 0.6 is 24.8 Å². The van der Waals surface area contributed by atoms with Crippen molar-refractivity contribution in [1.82, 2.24) is 16.0 Å². The van der Waals surface area contributed by atoms with E-state index in [-0.39, 0.29) is 42.3 Å². The van der Waals surface area contributed by atoms with Gasteiger partial charge in [0, 0.05) is 31.8 Å². The lowest BCUT2D eigenvalue weighted by Crippen LogP contribution is -2.51. The molecular weight excluding hydrogens is 349 g/mol. The fourth-order valence-electron chi connectivity index (χ4n) is 2.22. The van der Waals surface area contributed by atoms with Gasteiger partial charge in [0.15, 0.2) is 0 Å². The summed E-state index contributed by atoms with van der Waals surface area (Å²) >= 11 is 0. The quantitative estimate of drug-likeness (QED) is 0.545. The van der Waals surface area contributed by atoms with Gasteiger partial charge < -0.3 is 20.7 Å². The van der Waals surface area contributed by atoms with Gasteiger partial charge in [0.05, 0.1) is 13.2 Å². The van der Waals surface area contributed by atoms with Crippen molar-refractivity contribution in [2.45, 2.75) is 32.4 Å². The number of rotatable bonds is 10. The van der Waals surface area contributed by atoms with E-state index in [1.165, 1.54) is 5.56 Å². The molecule has 0 aliphatic carbocycles. The minimum Gasteiger partial charge on any atom is -0.383 e. The normalized spacial score (nSPS) is 11.8. The van der Waals surface area contributed by atoms with Gasteiger partial charge in [0.2, 0.25) is 5.91 Å². The highest BCUT2D eigenvalue weighted by atomic mass is 35.5. The Hall–Kier alpha value is -0.850. The highest BCUT2D eigenvalue weighted by Gasteiger charge is 2.21. The Kier molecular flexibility index (Phi) is 14.2. The maximum Gasteiger partial charge on any atom is 0.234 e. The standard InChI is InChI=1S/C17H29N3O2.2ClH/c1-14(15-8-6-5-7-9-15)20-17(2,3)13-19-16(21)12-18-10-11-22-4;;/h5-9,14,18,20H,10-13H2,1-4H3,(H,19,21);2*1H. The van der Waals surface area contributed by atoms with Gasteiger partial charge in [-0.1, -0.05) is 30.3 Å². The summed E-state index contributed by atoms with van der Waals surface area (Å²) in [5.41, 5.74) is 1.06. The van der Waals surface area contributed by atoms with Crippen molar-refractivity contribution < 1.29 is 9.53 Å². The first-order valence-corrected chi connectivity index (χ1v) is 7.73. The fourth-order valence-corrected chi connectivity index (χ4v) is 2.22. The van der Waals surface area contributed by atoms with Crippen LogP contribution in [-0.4, -0.2) is 44.8 Å². The second kappa shape index (κ2) is 13.4. The molecule has 0 aliphatic rings. The number of halogens is 2. The minimum atomic E-state index is -0.183. The van der Waals surface area contributed by atoms with Gasteiger partial charge in [-0.2, -0.15) is 0 Å². The Morgan fingerprint density at radius 1 is 1.21 bits per heavy atom. The number of methoxy groups -OCH3 is 1. The Morgan fingerprint density at radius 3 is 2.42 bits per heavy atom. The second-order valence-corrected chi connectivity index (χ2v) is 6.11. The minimum absolute atomic E-state index is 0. The van der Waals surface area contributed by atoms with Crippen LogP contribution in [0.15, 0.2) is 30.3 Å². The average molecular weight is 380 g/mol. The van der Waals surface area contributed by atoms with Crippen LogP contribution in [0.4, 0.5) is 0 Å². The van der Waals surface area contributed by atoms with E-state index in [4.69, 9.17) is 4.74 Å². The van der Waals surface area contributed by atoms with Crippen molar-refractivity contribution in [3.05, 3.63) is 35.9 Å². The van der Waals surface area contributed by atoms with Gasteiger partial charge in [-0.25, -0.2) is 0 Å². The van der Waals surface area contributed by atoms with E-state index in [0.717, 1.165) is 0 Å². The molecule has 0 saturated heterocycles. The summed E-state index contributed by atoms with van der Waals surface area (Å²) in [6.07, 6.45) is 0. The lowest BCUT2D eigenvalue weighted by atomic mass is 10.0. The zero-order chi connectivity index (χ0) is 16.4. The van der Waals surface area contributed by atoms with Crippen LogP contribution in [0.3, 0.4) is 0 Å². The largest absolute Gasteiger partial charge is 0.383 e. The summed E-state index contributed by atoms with van der Waals surface area (Å²) in [6.45, 7) is 8.48. The molecule has 0 aliphatic heterocycles. The maximum atomic E-state index is 11.8. The molecule has 0 heterocycles. The summed E-state index contributed by atoms with van der Waals surface area (Å²) in [7, 11) is 1.64. The van der Waals surface area contributed by atoms with Gasteiger partial charge in [0.1, 0.15) is 0 Å². The number of carbonyl (C=O) groups is 1. The van der Waals surface area contributed by atoms with Crippen LogP contribution < -0.4 is 16.0 Å². The first-order chi connectivity index (χ1) is 10.4. The van der Waals surface area contributed by atoms with E-state index in [1.54, 1.807) is 7.11 Å². The Balaban J connectivity index is 0. The van der Waals surface area contributed by atoms with Gasteiger partial charge in [0.25, 0.3) is 0 Å². The Bertz CT molecular complexity index is 445. The molecule has 7 heteroatoms. The average Bonchev–Trinajstić information content (AvgIpc) is 2.50. The van der Waals surface area contributed by atoms with Crippen LogP contribution in [-0.2, 0) is 9.53 Å². The number of benzene rings is 1. The molecule has 1 atom stereocenters. The lowest BCUT2D eigenvalue weighted by Gasteiger charge is -2.31. The van der Waals surface area contributed by atoms with Crippen molar-refractivity contribution >= 4 is 30.7 Å².